The zero-order valence-electron chi connectivity index (χ0n) is 13.0. The van der Waals surface area contributed by atoms with Crippen LogP contribution in [0.4, 0.5) is 10.5 Å². The zero-order chi connectivity index (χ0) is 15.8. The van der Waals surface area contributed by atoms with Crippen molar-refractivity contribution in [1.29, 1.82) is 0 Å². The molecule has 2 aromatic carbocycles. The highest BCUT2D eigenvalue weighted by molar-refractivity contribution is 5.89. The number of carbonyl (C=O) groups is 1. The maximum absolute atomic E-state index is 12.1. The molecule has 1 unspecified atom stereocenters. The Labute approximate surface area is 131 Å². The summed E-state index contributed by atoms with van der Waals surface area (Å²) in [5, 5.41) is 5.79. The van der Waals surface area contributed by atoms with E-state index in [1.54, 1.807) is 7.11 Å². The van der Waals surface area contributed by atoms with E-state index in [0.717, 1.165) is 17.7 Å². The first kappa shape index (κ1) is 16.0. The highest BCUT2D eigenvalue weighted by Gasteiger charge is 2.13. The Bertz CT molecular complexity index is 582. The van der Waals surface area contributed by atoms with Gasteiger partial charge in [-0.15, -0.1) is 0 Å². The number of aryl methyl sites for hydroxylation is 1. The molecule has 0 fully saturated rings. The third kappa shape index (κ3) is 5.22. The summed E-state index contributed by atoms with van der Waals surface area (Å²) >= 11 is 0. The minimum Gasteiger partial charge on any atom is -0.383 e. The fourth-order valence-electron chi connectivity index (χ4n) is 2.24. The molecule has 116 valence electrons. The smallest absolute Gasteiger partial charge is 0.319 e. The first-order valence-corrected chi connectivity index (χ1v) is 7.34. The van der Waals surface area contributed by atoms with Gasteiger partial charge in [-0.2, -0.15) is 0 Å². The summed E-state index contributed by atoms with van der Waals surface area (Å²) in [6, 6.07) is 17.5. The predicted molar refractivity (Wildman–Crippen MR) is 89.1 cm³/mol. The summed E-state index contributed by atoms with van der Waals surface area (Å²) < 4.78 is 5.20. The number of benzene rings is 2. The van der Waals surface area contributed by atoms with Crippen LogP contribution in [0.25, 0.3) is 0 Å². The molecule has 0 spiro atoms. The first-order chi connectivity index (χ1) is 10.7. The largest absolute Gasteiger partial charge is 0.383 e. The molecule has 0 aliphatic heterocycles. The van der Waals surface area contributed by atoms with Crippen molar-refractivity contribution in [2.75, 3.05) is 19.0 Å². The molecule has 1 atom stereocenters. The molecule has 0 saturated heterocycles. The van der Waals surface area contributed by atoms with Crippen LogP contribution in [0.1, 0.15) is 11.1 Å². The number of urea groups is 1. The van der Waals surface area contributed by atoms with E-state index in [2.05, 4.69) is 10.6 Å². The van der Waals surface area contributed by atoms with Crippen molar-refractivity contribution in [2.45, 2.75) is 19.4 Å². The number of methoxy groups -OCH3 is 1. The van der Waals surface area contributed by atoms with Crippen LogP contribution in [0.2, 0.25) is 0 Å². The van der Waals surface area contributed by atoms with Gasteiger partial charge in [0.05, 0.1) is 12.6 Å². The first-order valence-electron chi connectivity index (χ1n) is 7.34. The van der Waals surface area contributed by atoms with Gasteiger partial charge in [0, 0.05) is 12.8 Å². The lowest BCUT2D eigenvalue weighted by molar-refractivity contribution is 0.167. The fraction of sp³-hybridized carbons (Fsp3) is 0.278. The Morgan fingerprint density at radius 3 is 2.41 bits per heavy atom. The number of rotatable bonds is 6. The second kappa shape index (κ2) is 8.20. The van der Waals surface area contributed by atoms with E-state index in [1.165, 1.54) is 5.56 Å². The second-order valence-electron chi connectivity index (χ2n) is 5.31. The summed E-state index contributed by atoms with van der Waals surface area (Å²) in [7, 11) is 1.64. The predicted octanol–water partition coefficient (Wildman–Crippen LogP) is 3.37. The molecular formula is C18H22N2O2. The van der Waals surface area contributed by atoms with Crippen LogP contribution in [0.5, 0.6) is 0 Å². The average molecular weight is 298 g/mol. The standard InChI is InChI=1S/C18H22N2O2/c1-14-8-10-16(11-9-14)19-18(21)20-17(13-22-2)12-15-6-4-3-5-7-15/h3-11,17H,12-13H2,1-2H3,(H2,19,20,21). The van der Waals surface area contributed by atoms with Crippen LogP contribution in [0, 0.1) is 6.92 Å². The van der Waals surface area contributed by atoms with E-state index < -0.39 is 0 Å². The van der Waals surface area contributed by atoms with Crippen molar-refractivity contribution in [3.8, 4) is 0 Å². The lowest BCUT2D eigenvalue weighted by atomic mass is 10.1. The molecule has 0 radical (unpaired) electrons. The van der Waals surface area contributed by atoms with Gasteiger partial charge in [0.2, 0.25) is 0 Å². The molecule has 0 aliphatic carbocycles. The third-order valence-electron chi connectivity index (χ3n) is 3.34. The van der Waals surface area contributed by atoms with Crippen molar-refractivity contribution in [3.63, 3.8) is 0 Å². The Morgan fingerprint density at radius 2 is 1.77 bits per heavy atom. The highest BCUT2D eigenvalue weighted by Crippen LogP contribution is 2.09. The Hall–Kier alpha value is -2.33. The molecule has 2 aromatic rings. The molecule has 2 rings (SSSR count). The van der Waals surface area contributed by atoms with Gasteiger partial charge in [-0.25, -0.2) is 4.79 Å². The van der Waals surface area contributed by atoms with E-state index in [0.29, 0.717) is 6.61 Å². The molecule has 0 bridgehead atoms. The number of carbonyl (C=O) groups excluding carboxylic acids is 1. The summed E-state index contributed by atoms with van der Waals surface area (Å²) in [5.74, 6) is 0. The third-order valence-corrected chi connectivity index (χ3v) is 3.34. The van der Waals surface area contributed by atoms with Gasteiger partial charge in [0.1, 0.15) is 0 Å². The van der Waals surface area contributed by atoms with Gasteiger partial charge >= 0.3 is 6.03 Å². The normalized spacial score (nSPS) is 11.7. The Balaban J connectivity index is 1.92. The van der Waals surface area contributed by atoms with Gasteiger partial charge in [0.15, 0.2) is 0 Å². The molecular weight excluding hydrogens is 276 g/mol. The molecule has 0 aliphatic rings. The lowest BCUT2D eigenvalue weighted by Gasteiger charge is -2.18. The van der Waals surface area contributed by atoms with Crippen LogP contribution in [-0.2, 0) is 11.2 Å². The van der Waals surface area contributed by atoms with E-state index in [-0.39, 0.29) is 12.1 Å². The van der Waals surface area contributed by atoms with Crippen LogP contribution < -0.4 is 10.6 Å². The minimum atomic E-state index is -0.221. The monoisotopic (exact) mass is 298 g/mol. The lowest BCUT2D eigenvalue weighted by Crippen LogP contribution is -2.42. The highest BCUT2D eigenvalue weighted by atomic mass is 16.5. The number of ether oxygens (including phenoxy) is 1. The molecule has 4 heteroatoms. The van der Waals surface area contributed by atoms with Crippen LogP contribution >= 0.6 is 0 Å². The number of hydrogen-bond acceptors (Lipinski definition) is 2. The van der Waals surface area contributed by atoms with Gasteiger partial charge in [-0.3, -0.25) is 0 Å². The van der Waals surface area contributed by atoms with Crippen molar-refractivity contribution in [1.82, 2.24) is 5.32 Å². The molecule has 22 heavy (non-hydrogen) atoms. The van der Waals surface area contributed by atoms with Crippen molar-refractivity contribution >= 4 is 11.7 Å². The summed E-state index contributed by atoms with van der Waals surface area (Å²) in [5.41, 5.74) is 3.10. The second-order valence-corrected chi connectivity index (χ2v) is 5.31. The number of amides is 2. The van der Waals surface area contributed by atoms with Gasteiger partial charge in [-0.1, -0.05) is 48.0 Å². The van der Waals surface area contributed by atoms with Crippen LogP contribution in [0.15, 0.2) is 54.6 Å². The number of nitrogens with one attached hydrogen (secondary N) is 2. The van der Waals surface area contributed by atoms with Gasteiger partial charge in [-0.05, 0) is 31.0 Å². The SMILES string of the molecule is COCC(Cc1ccccc1)NC(=O)Nc1ccc(C)cc1. The summed E-state index contributed by atoms with van der Waals surface area (Å²) in [4.78, 5) is 12.1. The van der Waals surface area contributed by atoms with Crippen molar-refractivity contribution < 1.29 is 9.53 Å². The van der Waals surface area contributed by atoms with E-state index >= 15 is 0 Å². The maximum Gasteiger partial charge on any atom is 0.319 e. The summed E-state index contributed by atoms with van der Waals surface area (Å²) in [6.45, 7) is 2.48. The molecule has 0 heterocycles. The number of anilines is 1. The molecule has 4 nitrogen and oxygen atoms in total. The molecule has 2 N–H and O–H groups in total. The van der Waals surface area contributed by atoms with E-state index in [9.17, 15) is 4.79 Å². The average Bonchev–Trinajstić information content (AvgIpc) is 2.51. The van der Waals surface area contributed by atoms with Crippen molar-refractivity contribution in [2.24, 2.45) is 0 Å². The van der Waals surface area contributed by atoms with Crippen LogP contribution in [-0.4, -0.2) is 25.8 Å². The summed E-state index contributed by atoms with van der Waals surface area (Å²) in [6.07, 6.45) is 0.732. The van der Waals surface area contributed by atoms with Gasteiger partial charge < -0.3 is 15.4 Å². The Kier molecular flexibility index (Phi) is 5.98. The molecule has 0 saturated carbocycles. The maximum atomic E-state index is 12.1. The van der Waals surface area contributed by atoms with Gasteiger partial charge in [0.25, 0.3) is 0 Å². The minimum absolute atomic E-state index is 0.0714. The van der Waals surface area contributed by atoms with Crippen molar-refractivity contribution in [3.05, 3.63) is 65.7 Å². The topological polar surface area (TPSA) is 50.4 Å². The molecule has 0 aromatic heterocycles. The quantitative estimate of drug-likeness (QED) is 0.859. The van der Waals surface area contributed by atoms with E-state index in [1.807, 2.05) is 61.5 Å². The number of hydrogen-bond donors (Lipinski definition) is 2. The van der Waals surface area contributed by atoms with E-state index in [4.69, 9.17) is 4.74 Å². The van der Waals surface area contributed by atoms with Crippen LogP contribution in [0.3, 0.4) is 0 Å². The Morgan fingerprint density at radius 1 is 1.09 bits per heavy atom. The fourth-order valence-corrected chi connectivity index (χ4v) is 2.24. The molecule has 2 amide bonds. The zero-order valence-corrected chi connectivity index (χ0v) is 13.0.